The monoisotopic (exact) mass is 497 g/mol. The summed E-state index contributed by atoms with van der Waals surface area (Å²) in [4.78, 5) is 39.4. The van der Waals surface area contributed by atoms with E-state index in [9.17, 15) is 18.4 Å². The van der Waals surface area contributed by atoms with Crippen LogP contribution in [0.1, 0.15) is 17.2 Å². The van der Waals surface area contributed by atoms with Gasteiger partial charge in [0, 0.05) is 35.3 Å². The smallest absolute Gasteiger partial charge is 0.252 e. The Kier molecular flexibility index (Phi) is 7.11. The lowest BCUT2D eigenvalue weighted by atomic mass is 10.0. The third-order valence-corrected chi connectivity index (χ3v) is 5.38. The Morgan fingerprint density at radius 2 is 1.80 bits per heavy atom. The molecule has 2 amide bonds. The topological polar surface area (TPSA) is 101 Å². The minimum Gasteiger partial charge on any atom is -0.444 e. The van der Waals surface area contributed by atoms with Crippen molar-refractivity contribution in [2.45, 2.75) is 13.0 Å². The summed E-state index contributed by atoms with van der Waals surface area (Å²) in [5.74, 6) is -3.03. The number of amides is 2. The van der Waals surface area contributed by atoms with Crippen molar-refractivity contribution < 1.29 is 22.8 Å². The zero-order valence-corrected chi connectivity index (χ0v) is 19.0. The van der Waals surface area contributed by atoms with E-state index in [1.165, 1.54) is 43.1 Å². The highest BCUT2D eigenvalue weighted by Gasteiger charge is 2.33. The fourth-order valence-electron chi connectivity index (χ4n) is 3.57. The Labute approximate surface area is 203 Å². The molecule has 35 heavy (non-hydrogen) atoms. The van der Waals surface area contributed by atoms with Gasteiger partial charge in [0.25, 0.3) is 5.91 Å². The van der Waals surface area contributed by atoms with Gasteiger partial charge in [-0.2, -0.15) is 0 Å². The van der Waals surface area contributed by atoms with Crippen LogP contribution in [0.25, 0.3) is 11.3 Å². The molecule has 0 aliphatic heterocycles. The average molecular weight is 498 g/mol. The van der Waals surface area contributed by atoms with Gasteiger partial charge in [0.1, 0.15) is 29.9 Å². The summed E-state index contributed by atoms with van der Waals surface area (Å²) in [6.45, 7) is 1.45. The first-order valence-corrected chi connectivity index (χ1v) is 10.8. The number of carbonyl (C=O) groups excluding carboxylic acids is 2. The van der Waals surface area contributed by atoms with Crippen molar-refractivity contribution in [1.29, 1.82) is 0 Å². The fraction of sp³-hybridized carbons (Fsp3) is 0.125. The largest absolute Gasteiger partial charge is 0.444 e. The molecule has 0 saturated carbocycles. The van der Waals surface area contributed by atoms with Crippen molar-refractivity contribution >= 4 is 34.8 Å². The molecule has 0 saturated heterocycles. The highest BCUT2D eigenvalue weighted by Crippen LogP contribution is 2.32. The van der Waals surface area contributed by atoms with Crippen molar-refractivity contribution in [3.8, 4) is 11.3 Å². The van der Waals surface area contributed by atoms with Crippen LogP contribution in [0.3, 0.4) is 0 Å². The Morgan fingerprint density at radius 3 is 2.40 bits per heavy atom. The van der Waals surface area contributed by atoms with Crippen LogP contribution in [0.5, 0.6) is 0 Å². The Morgan fingerprint density at radius 1 is 1.09 bits per heavy atom. The van der Waals surface area contributed by atoms with Crippen LogP contribution in [0, 0.1) is 18.6 Å². The highest BCUT2D eigenvalue weighted by molar-refractivity contribution is 6.30. The zero-order chi connectivity index (χ0) is 24.9. The summed E-state index contributed by atoms with van der Waals surface area (Å²) in [5.41, 5.74) is 1.24. The minimum atomic E-state index is -1.32. The second-order valence-electron chi connectivity index (χ2n) is 7.45. The SMILES string of the molecule is Cc1cc(F)cc(F)c1NC(=O)C(c1cncnc1)N(C(=O)CCl)c1ccc(-c2cnco2)cc1. The molecule has 8 nitrogen and oxygen atoms in total. The van der Waals surface area contributed by atoms with Crippen LogP contribution in [0.4, 0.5) is 20.2 Å². The van der Waals surface area contributed by atoms with Crippen LogP contribution < -0.4 is 10.2 Å². The van der Waals surface area contributed by atoms with Crippen LogP contribution >= 0.6 is 11.6 Å². The lowest BCUT2D eigenvalue weighted by Crippen LogP contribution is -2.42. The van der Waals surface area contributed by atoms with Crippen molar-refractivity contribution in [2.24, 2.45) is 0 Å². The maximum absolute atomic E-state index is 14.5. The quantitative estimate of drug-likeness (QED) is 0.372. The van der Waals surface area contributed by atoms with E-state index in [1.54, 1.807) is 24.3 Å². The van der Waals surface area contributed by atoms with Crippen LogP contribution in [0.2, 0.25) is 0 Å². The summed E-state index contributed by atoms with van der Waals surface area (Å²) in [5, 5.41) is 2.47. The molecule has 1 N–H and O–H groups in total. The average Bonchev–Trinajstić information content (AvgIpc) is 3.40. The van der Waals surface area contributed by atoms with E-state index in [0.29, 0.717) is 23.1 Å². The molecule has 0 bridgehead atoms. The molecule has 2 aromatic heterocycles. The Balaban J connectivity index is 1.77. The molecule has 1 unspecified atom stereocenters. The number of halogens is 3. The minimum absolute atomic E-state index is 0.172. The predicted octanol–water partition coefficient (Wildman–Crippen LogP) is 4.67. The number of aryl methyl sites for hydroxylation is 1. The number of nitrogens with one attached hydrogen (secondary N) is 1. The van der Waals surface area contributed by atoms with E-state index in [2.05, 4.69) is 20.3 Å². The Hall–Kier alpha value is -4.18. The maximum Gasteiger partial charge on any atom is 0.252 e. The van der Waals surface area contributed by atoms with E-state index in [1.807, 2.05) is 0 Å². The summed E-state index contributed by atoms with van der Waals surface area (Å²) < 4.78 is 33.3. The van der Waals surface area contributed by atoms with Gasteiger partial charge in [-0.15, -0.1) is 11.6 Å². The molecule has 11 heteroatoms. The van der Waals surface area contributed by atoms with Gasteiger partial charge in [-0.25, -0.2) is 23.7 Å². The van der Waals surface area contributed by atoms with E-state index in [-0.39, 0.29) is 16.8 Å². The molecule has 2 heterocycles. The maximum atomic E-state index is 14.5. The number of benzene rings is 2. The number of hydrogen-bond acceptors (Lipinski definition) is 6. The van der Waals surface area contributed by atoms with Gasteiger partial charge in [0.2, 0.25) is 5.91 Å². The molecule has 0 aliphatic rings. The van der Waals surface area contributed by atoms with Gasteiger partial charge in [0.15, 0.2) is 12.2 Å². The highest BCUT2D eigenvalue weighted by atomic mass is 35.5. The number of nitrogens with zero attached hydrogens (tertiary/aromatic N) is 4. The Bertz CT molecular complexity index is 1310. The van der Waals surface area contributed by atoms with Gasteiger partial charge in [-0.05, 0) is 42.8 Å². The summed E-state index contributed by atoms with van der Waals surface area (Å²) in [6.07, 6.45) is 6.82. The third kappa shape index (κ3) is 5.17. The molecule has 0 spiro atoms. The molecule has 0 fully saturated rings. The van der Waals surface area contributed by atoms with Gasteiger partial charge in [-0.1, -0.05) is 0 Å². The van der Waals surface area contributed by atoms with Gasteiger partial charge in [-0.3, -0.25) is 14.5 Å². The van der Waals surface area contributed by atoms with Gasteiger partial charge < -0.3 is 9.73 Å². The molecule has 2 aromatic carbocycles. The molecule has 1 atom stereocenters. The van der Waals surface area contributed by atoms with Crippen molar-refractivity contribution in [3.63, 3.8) is 0 Å². The summed E-state index contributed by atoms with van der Waals surface area (Å²) in [6, 6.07) is 7.01. The van der Waals surface area contributed by atoms with Crippen molar-refractivity contribution in [2.75, 3.05) is 16.1 Å². The van der Waals surface area contributed by atoms with Crippen LogP contribution in [-0.2, 0) is 9.59 Å². The van der Waals surface area contributed by atoms with Crippen molar-refractivity contribution in [3.05, 3.63) is 90.5 Å². The zero-order valence-electron chi connectivity index (χ0n) is 18.3. The molecule has 178 valence electrons. The fourth-order valence-corrected chi connectivity index (χ4v) is 3.70. The third-order valence-electron chi connectivity index (χ3n) is 5.15. The normalized spacial score (nSPS) is 11.7. The molecular weight excluding hydrogens is 480 g/mol. The first kappa shape index (κ1) is 24.0. The molecule has 0 radical (unpaired) electrons. The van der Waals surface area contributed by atoms with Crippen LogP contribution in [-0.4, -0.2) is 32.6 Å². The molecule has 4 aromatic rings. The van der Waals surface area contributed by atoms with E-state index >= 15 is 0 Å². The van der Waals surface area contributed by atoms with Crippen LogP contribution in [0.15, 0.2) is 72.1 Å². The van der Waals surface area contributed by atoms with Gasteiger partial charge >= 0.3 is 0 Å². The lowest BCUT2D eigenvalue weighted by molar-refractivity contribution is -0.122. The standard InChI is InChI=1S/C24H18ClF2N5O3/c1-14-6-17(26)7-19(27)22(14)31-24(34)23(16-9-28-12-29-10-16)32(21(33)8-25)18-4-2-15(3-5-18)20-11-30-13-35-20/h2-7,9-13,23H,8H2,1H3,(H,31,34). The molecule has 4 rings (SSSR count). The second-order valence-corrected chi connectivity index (χ2v) is 7.72. The number of aromatic nitrogens is 3. The summed E-state index contributed by atoms with van der Waals surface area (Å²) >= 11 is 5.89. The first-order valence-electron chi connectivity index (χ1n) is 10.3. The number of alkyl halides is 1. The number of rotatable bonds is 7. The number of carbonyl (C=O) groups is 2. The number of hydrogen-bond donors (Lipinski definition) is 1. The number of anilines is 2. The number of oxazole rings is 1. The van der Waals surface area contributed by atoms with E-state index in [4.69, 9.17) is 16.0 Å². The molecular formula is C24H18ClF2N5O3. The second kappa shape index (κ2) is 10.4. The molecule has 0 aliphatic carbocycles. The van der Waals surface area contributed by atoms with E-state index < -0.39 is 35.4 Å². The van der Waals surface area contributed by atoms with Crippen molar-refractivity contribution in [1.82, 2.24) is 15.0 Å². The van der Waals surface area contributed by atoms with Gasteiger partial charge in [0.05, 0.1) is 11.9 Å². The first-order chi connectivity index (χ1) is 16.9. The lowest BCUT2D eigenvalue weighted by Gasteiger charge is -2.31. The predicted molar refractivity (Wildman–Crippen MR) is 125 cm³/mol. The summed E-state index contributed by atoms with van der Waals surface area (Å²) in [7, 11) is 0. The van der Waals surface area contributed by atoms with E-state index in [0.717, 1.165) is 6.07 Å².